The summed E-state index contributed by atoms with van der Waals surface area (Å²) in [4.78, 5) is 27.9. The highest BCUT2D eigenvalue weighted by atomic mass is 32.2. The van der Waals surface area contributed by atoms with Crippen molar-refractivity contribution in [3.63, 3.8) is 0 Å². The maximum Gasteiger partial charge on any atom is 0.311 e. The van der Waals surface area contributed by atoms with Gasteiger partial charge in [0.1, 0.15) is 0 Å². The standard InChI is InChI=1S/C20H23N5O3S2/c1-4-8-25-18(14-7-5-6-13(2)9-14)23-24-20(25)30-12-16(26)22-19-21-15(11-29-19)10-17(27)28-3/h5-7,9,11H,4,8,10,12H2,1-3H3,(H,21,22,26). The Morgan fingerprint density at radius 2 is 2.13 bits per heavy atom. The van der Waals surface area contributed by atoms with Crippen molar-refractivity contribution in [1.29, 1.82) is 0 Å². The number of nitrogens with one attached hydrogen (secondary N) is 1. The molecule has 8 nitrogen and oxygen atoms in total. The number of benzene rings is 1. The fourth-order valence-electron chi connectivity index (χ4n) is 2.77. The molecule has 0 bridgehead atoms. The van der Waals surface area contributed by atoms with Gasteiger partial charge in [-0.1, -0.05) is 42.4 Å². The number of carbonyl (C=O) groups excluding carboxylic acids is 2. The molecule has 0 radical (unpaired) electrons. The lowest BCUT2D eigenvalue weighted by molar-refractivity contribution is -0.139. The van der Waals surface area contributed by atoms with Crippen molar-refractivity contribution >= 4 is 40.1 Å². The van der Waals surface area contributed by atoms with Gasteiger partial charge in [-0.3, -0.25) is 9.59 Å². The van der Waals surface area contributed by atoms with E-state index in [1.165, 1.54) is 30.2 Å². The number of hydrogen-bond acceptors (Lipinski definition) is 8. The van der Waals surface area contributed by atoms with E-state index in [9.17, 15) is 9.59 Å². The number of aromatic nitrogens is 4. The molecule has 0 spiro atoms. The molecule has 1 amide bonds. The number of amides is 1. The third-order valence-electron chi connectivity index (χ3n) is 4.12. The van der Waals surface area contributed by atoms with E-state index in [2.05, 4.69) is 38.2 Å². The molecule has 158 valence electrons. The summed E-state index contributed by atoms with van der Waals surface area (Å²) in [6.07, 6.45) is 1.01. The van der Waals surface area contributed by atoms with Crippen LogP contribution in [-0.2, 0) is 27.3 Å². The molecule has 1 aromatic carbocycles. The van der Waals surface area contributed by atoms with E-state index in [1.54, 1.807) is 5.38 Å². The molecule has 0 unspecified atom stereocenters. The van der Waals surface area contributed by atoms with Crippen molar-refractivity contribution in [3.8, 4) is 11.4 Å². The van der Waals surface area contributed by atoms with Gasteiger partial charge in [0.25, 0.3) is 0 Å². The van der Waals surface area contributed by atoms with Gasteiger partial charge in [0.2, 0.25) is 5.91 Å². The number of thioether (sulfide) groups is 1. The molecule has 0 atom stereocenters. The van der Waals surface area contributed by atoms with Gasteiger partial charge in [0.15, 0.2) is 16.1 Å². The number of methoxy groups -OCH3 is 1. The van der Waals surface area contributed by atoms with Gasteiger partial charge in [0, 0.05) is 17.5 Å². The van der Waals surface area contributed by atoms with E-state index >= 15 is 0 Å². The smallest absolute Gasteiger partial charge is 0.311 e. The van der Waals surface area contributed by atoms with Crippen LogP contribution in [0.15, 0.2) is 34.8 Å². The third kappa shape index (κ3) is 5.67. The number of thiazole rings is 1. The molecule has 3 aromatic rings. The number of aryl methyl sites for hydroxylation is 1. The largest absolute Gasteiger partial charge is 0.469 e. The van der Waals surface area contributed by atoms with Crippen molar-refractivity contribution in [2.75, 3.05) is 18.2 Å². The Hall–Kier alpha value is -2.72. The van der Waals surface area contributed by atoms with E-state index in [4.69, 9.17) is 0 Å². The van der Waals surface area contributed by atoms with Crippen LogP contribution in [-0.4, -0.2) is 44.5 Å². The van der Waals surface area contributed by atoms with E-state index in [0.29, 0.717) is 16.0 Å². The fraction of sp³-hybridized carbons (Fsp3) is 0.350. The van der Waals surface area contributed by atoms with Crippen LogP contribution in [0.4, 0.5) is 5.13 Å². The molecule has 3 rings (SSSR count). The fourth-order valence-corrected chi connectivity index (χ4v) is 4.26. The maximum absolute atomic E-state index is 12.3. The molecule has 2 aromatic heterocycles. The van der Waals surface area contributed by atoms with Crippen LogP contribution >= 0.6 is 23.1 Å². The van der Waals surface area contributed by atoms with Crippen LogP contribution in [0.2, 0.25) is 0 Å². The lowest BCUT2D eigenvalue weighted by atomic mass is 10.1. The lowest BCUT2D eigenvalue weighted by Crippen LogP contribution is -2.15. The van der Waals surface area contributed by atoms with E-state index in [1.807, 2.05) is 29.7 Å². The molecule has 0 saturated carbocycles. The summed E-state index contributed by atoms with van der Waals surface area (Å²) in [6, 6.07) is 8.13. The second-order valence-corrected chi connectivity index (χ2v) is 8.36. The Morgan fingerprint density at radius 3 is 2.87 bits per heavy atom. The molecular formula is C20H23N5O3S2. The van der Waals surface area contributed by atoms with E-state index in [0.717, 1.165) is 29.9 Å². The Balaban J connectivity index is 1.64. The van der Waals surface area contributed by atoms with Crippen LogP contribution in [0.1, 0.15) is 24.6 Å². The second-order valence-electron chi connectivity index (χ2n) is 6.56. The quantitative estimate of drug-likeness (QED) is 0.397. The summed E-state index contributed by atoms with van der Waals surface area (Å²) < 4.78 is 6.67. The highest BCUT2D eigenvalue weighted by molar-refractivity contribution is 7.99. The highest BCUT2D eigenvalue weighted by Gasteiger charge is 2.16. The zero-order valence-corrected chi connectivity index (χ0v) is 18.7. The first-order valence-electron chi connectivity index (χ1n) is 9.44. The predicted molar refractivity (Wildman–Crippen MR) is 118 cm³/mol. The van der Waals surface area contributed by atoms with Crippen molar-refractivity contribution in [2.24, 2.45) is 0 Å². The van der Waals surface area contributed by atoms with Crippen molar-refractivity contribution < 1.29 is 14.3 Å². The minimum atomic E-state index is -0.367. The summed E-state index contributed by atoms with van der Waals surface area (Å²) in [5.41, 5.74) is 2.73. The predicted octanol–water partition coefficient (Wildman–Crippen LogP) is 3.57. The molecule has 10 heteroatoms. The van der Waals surface area contributed by atoms with Gasteiger partial charge in [0.05, 0.1) is 25.0 Å². The van der Waals surface area contributed by atoms with Crippen LogP contribution in [0, 0.1) is 6.92 Å². The molecule has 2 heterocycles. The van der Waals surface area contributed by atoms with Gasteiger partial charge in [-0.15, -0.1) is 21.5 Å². The first kappa shape index (κ1) is 22.0. The van der Waals surface area contributed by atoms with Gasteiger partial charge >= 0.3 is 5.97 Å². The van der Waals surface area contributed by atoms with Crippen LogP contribution in [0.3, 0.4) is 0 Å². The Labute approximate surface area is 183 Å². The van der Waals surface area contributed by atoms with Gasteiger partial charge in [-0.2, -0.15) is 0 Å². The minimum absolute atomic E-state index is 0.0828. The molecule has 1 N–H and O–H groups in total. The number of esters is 1. The summed E-state index contributed by atoms with van der Waals surface area (Å²) in [5, 5.41) is 14.3. The van der Waals surface area contributed by atoms with Gasteiger partial charge < -0.3 is 14.6 Å². The normalized spacial score (nSPS) is 10.8. The number of ether oxygens (including phenoxy) is 1. The van der Waals surface area contributed by atoms with Gasteiger partial charge in [-0.25, -0.2) is 4.98 Å². The number of nitrogens with zero attached hydrogens (tertiary/aromatic N) is 4. The van der Waals surface area contributed by atoms with Crippen molar-refractivity contribution in [3.05, 3.63) is 40.9 Å². The SMILES string of the molecule is CCCn1c(SCC(=O)Nc2nc(CC(=O)OC)cs2)nnc1-c1cccc(C)c1. The van der Waals surface area contributed by atoms with E-state index < -0.39 is 0 Å². The van der Waals surface area contributed by atoms with Crippen LogP contribution < -0.4 is 5.32 Å². The monoisotopic (exact) mass is 445 g/mol. The second kappa shape index (κ2) is 10.4. The number of hydrogen-bond donors (Lipinski definition) is 1. The third-order valence-corrected chi connectivity index (χ3v) is 5.90. The lowest BCUT2D eigenvalue weighted by Gasteiger charge is -2.09. The first-order chi connectivity index (χ1) is 14.5. The topological polar surface area (TPSA) is 99.0 Å². The first-order valence-corrected chi connectivity index (χ1v) is 11.3. The van der Waals surface area contributed by atoms with Gasteiger partial charge in [-0.05, 0) is 19.4 Å². The summed E-state index contributed by atoms with van der Waals surface area (Å²) in [6.45, 7) is 4.90. The molecule has 30 heavy (non-hydrogen) atoms. The number of carbonyl (C=O) groups is 2. The van der Waals surface area contributed by atoms with Crippen molar-refractivity contribution in [2.45, 2.75) is 38.4 Å². The van der Waals surface area contributed by atoms with Crippen LogP contribution in [0.25, 0.3) is 11.4 Å². The van der Waals surface area contributed by atoms with Crippen molar-refractivity contribution in [1.82, 2.24) is 19.7 Å². The number of rotatable bonds is 9. The molecule has 0 saturated heterocycles. The molecule has 0 aliphatic rings. The summed E-state index contributed by atoms with van der Waals surface area (Å²) >= 11 is 2.61. The zero-order valence-electron chi connectivity index (χ0n) is 17.0. The van der Waals surface area contributed by atoms with E-state index in [-0.39, 0.29) is 24.1 Å². The Kier molecular flexibility index (Phi) is 7.58. The Bertz CT molecular complexity index is 1030. The molecular weight excluding hydrogens is 422 g/mol. The zero-order chi connectivity index (χ0) is 21.5. The number of anilines is 1. The summed E-state index contributed by atoms with van der Waals surface area (Å²) in [5.74, 6) is 0.424. The maximum atomic E-state index is 12.3. The average molecular weight is 446 g/mol. The average Bonchev–Trinajstić information content (AvgIpc) is 3.33. The molecule has 0 aliphatic heterocycles. The highest BCUT2D eigenvalue weighted by Crippen LogP contribution is 2.25. The van der Waals surface area contributed by atoms with Crippen LogP contribution in [0.5, 0.6) is 0 Å². The molecule has 0 aliphatic carbocycles. The molecule has 0 fully saturated rings. The minimum Gasteiger partial charge on any atom is -0.469 e. The Morgan fingerprint density at radius 1 is 1.30 bits per heavy atom. The summed E-state index contributed by atoms with van der Waals surface area (Å²) in [7, 11) is 1.33.